The third kappa shape index (κ3) is 2.91. The average Bonchev–Trinajstić information content (AvgIpc) is 2.59. The largest absolute Gasteiger partial charge is 0.292 e. The molecule has 0 aromatic carbocycles. The molecule has 1 heterocycles. The van der Waals surface area contributed by atoms with Crippen LogP contribution in [0.4, 0.5) is 0 Å². The van der Waals surface area contributed by atoms with Gasteiger partial charge < -0.3 is 0 Å². The smallest absolute Gasteiger partial charge is 0.181 e. The predicted octanol–water partition coefficient (Wildman–Crippen LogP) is 2.60. The minimum Gasteiger partial charge on any atom is -0.292 e. The Kier molecular flexibility index (Phi) is 4.06. The number of carbonyl (C=O) groups is 1. The maximum absolute atomic E-state index is 11.9. The summed E-state index contributed by atoms with van der Waals surface area (Å²) in [6.07, 6.45) is 2.55. The Balaban J connectivity index is 2.77. The quantitative estimate of drug-likeness (QED) is 0.697. The summed E-state index contributed by atoms with van der Waals surface area (Å²) in [5, 5.41) is 4.28. The van der Waals surface area contributed by atoms with Gasteiger partial charge in [-0.3, -0.25) is 9.48 Å². The fraction of sp³-hybridized carbons (Fsp3) is 0.667. The van der Waals surface area contributed by atoms with Crippen LogP contribution in [0.5, 0.6) is 0 Å². The van der Waals surface area contributed by atoms with Crippen molar-refractivity contribution in [1.82, 2.24) is 9.78 Å². The van der Waals surface area contributed by atoms with E-state index in [0.29, 0.717) is 12.3 Å². The Bertz CT molecular complexity index is 341. The highest BCUT2D eigenvalue weighted by Crippen LogP contribution is 2.13. The van der Waals surface area contributed by atoms with Crippen LogP contribution >= 0.6 is 0 Å². The second kappa shape index (κ2) is 5.10. The van der Waals surface area contributed by atoms with Gasteiger partial charge in [-0.25, -0.2) is 0 Å². The van der Waals surface area contributed by atoms with Gasteiger partial charge in [0.2, 0.25) is 0 Å². The van der Waals surface area contributed by atoms with E-state index in [1.807, 2.05) is 20.0 Å². The Hall–Kier alpha value is -1.12. The van der Waals surface area contributed by atoms with Gasteiger partial charge in [0.15, 0.2) is 5.78 Å². The number of hydrogen-bond donors (Lipinski definition) is 0. The summed E-state index contributed by atoms with van der Waals surface area (Å²) in [6.45, 7) is 6.26. The van der Waals surface area contributed by atoms with E-state index in [9.17, 15) is 4.79 Å². The van der Waals surface area contributed by atoms with Crippen molar-refractivity contribution in [2.75, 3.05) is 0 Å². The van der Waals surface area contributed by atoms with Crippen molar-refractivity contribution in [3.8, 4) is 0 Å². The standard InChI is InChI=1S/C12H20N2O/c1-5-9(3)7-12(15)11-8-10(6-2)13-14(11)4/h8-9H,5-7H2,1-4H3. The molecule has 1 rings (SSSR count). The summed E-state index contributed by atoms with van der Waals surface area (Å²) in [5.74, 6) is 0.663. The van der Waals surface area contributed by atoms with Gasteiger partial charge >= 0.3 is 0 Å². The van der Waals surface area contributed by atoms with Crippen molar-refractivity contribution in [1.29, 1.82) is 0 Å². The van der Waals surface area contributed by atoms with Crippen LogP contribution in [0, 0.1) is 5.92 Å². The van der Waals surface area contributed by atoms with E-state index in [1.165, 1.54) is 0 Å². The molecular weight excluding hydrogens is 188 g/mol. The van der Waals surface area contributed by atoms with Crippen LogP contribution in [0.2, 0.25) is 0 Å². The lowest BCUT2D eigenvalue weighted by molar-refractivity contribution is 0.0954. The van der Waals surface area contributed by atoms with Gasteiger partial charge in [0.1, 0.15) is 5.69 Å². The fourth-order valence-corrected chi connectivity index (χ4v) is 1.53. The van der Waals surface area contributed by atoms with Gasteiger partial charge in [-0.1, -0.05) is 27.2 Å². The molecule has 0 saturated heterocycles. The average molecular weight is 208 g/mol. The van der Waals surface area contributed by atoms with Gasteiger partial charge in [0, 0.05) is 13.5 Å². The van der Waals surface area contributed by atoms with E-state index in [1.54, 1.807) is 4.68 Å². The Labute approximate surface area is 91.5 Å². The molecule has 0 fully saturated rings. The maximum Gasteiger partial charge on any atom is 0.181 e. The van der Waals surface area contributed by atoms with E-state index in [0.717, 1.165) is 24.2 Å². The number of aromatic nitrogens is 2. The molecule has 0 radical (unpaired) electrons. The molecule has 0 bridgehead atoms. The van der Waals surface area contributed by atoms with Crippen molar-refractivity contribution in [3.63, 3.8) is 0 Å². The van der Waals surface area contributed by atoms with E-state index in [-0.39, 0.29) is 5.78 Å². The van der Waals surface area contributed by atoms with Crippen LogP contribution in [-0.4, -0.2) is 15.6 Å². The first-order valence-corrected chi connectivity index (χ1v) is 5.64. The molecular formula is C12H20N2O. The summed E-state index contributed by atoms with van der Waals surface area (Å²) >= 11 is 0. The van der Waals surface area contributed by atoms with Crippen molar-refractivity contribution in [2.45, 2.75) is 40.0 Å². The maximum atomic E-state index is 11.9. The molecule has 0 amide bonds. The van der Waals surface area contributed by atoms with Gasteiger partial charge in [0.05, 0.1) is 5.69 Å². The minimum atomic E-state index is 0.207. The number of aryl methyl sites for hydroxylation is 2. The number of rotatable bonds is 5. The van der Waals surface area contributed by atoms with Crippen LogP contribution in [0.15, 0.2) is 6.07 Å². The van der Waals surface area contributed by atoms with Crippen molar-refractivity contribution < 1.29 is 4.79 Å². The monoisotopic (exact) mass is 208 g/mol. The summed E-state index contributed by atoms with van der Waals surface area (Å²) < 4.78 is 1.70. The van der Waals surface area contributed by atoms with Crippen molar-refractivity contribution in [3.05, 3.63) is 17.5 Å². The lowest BCUT2D eigenvalue weighted by Crippen LogP contribution is -2.10. The van der Waals surface area contributed by atoms with Crippen molar-refractivity contribution >= 4 is 5.78 Å². The molecule has 1 unspecified atom stereocenters. The molecule has 0 aliphatic carbocycles. The second-order valence-electron chi connectivity index (χ2n) is 4.14. The summed E-state index contributed by atoms with van der Waals surface area (Å²) in [7, 11) is 1.84. The molecule has 1 atom stereocenters. The topological polar surface area (TPSA) is 34.9 Å². The lowest BCUT2D eigenvalue weighted by Gasteiger charge is -2.06. The first-order chi connectivity index (χ1) is 7.08. The van der Waals surface area contributed by atoms with Crippen LogP contribution in [0.25, 0.3) is 0 Å². The van der Waals surface area contributed by atoms with E-state index in [4.69, 9.17) is 0 Å². The zero-order chi connectivity index (χ0) is 11.4. The number of carbonyl (C=O) groups excluding carboxylic acids is 1. The Morgan fingerprint density at radius 1 is 1.53 bits per heavy atom. The third-order valence-electron chi connectivity index (χ3n) is 2.81. The Morgan fingerprint density at radius 2 is 2.20 bits per heavy atom. The van der Waals surface area contributed by atoms with E-state index in [2.05, 4.69) is 18.9 Å². The van der Waals surface area contributed by atoms with Crippen LogP contribution < -0.4 is 0 Å². The third-order valence-corrected chi connectivity index (χ3v) is 2.81. The lowest BCUT2D eigenvalue weighted by atomic mass is 10.0. The first kappa shape index (κ1) is 12.0. The van der Waals surface area contributed by atoms with Crippen LogP contribution in [0.3, 0.4) is 0 Å². The molecule has 0 saturated carbocycles. The van der Waals surface area contributed by atoms with Crippen molar-refractivity contribution in [2.24, 2.45) is 13.0 Å². The SMILES string of the molecule is CCc1cc(C(=O)CC(C)CC)n(C)n1. The molecule has 0 N–H and O–H groups in total. The number of nitrogens with zero attached hydrogens (tertiary/aromatic N) is 2. The molecule has 15 heavy (non-hydrogen) atoms. The summed E-state index contributed by atoms with van der Waals surface area (Å²) in [6, 6.07) is 1.91. The molecule has 0 aliphatic heterocycles. The van der Waals surface area contributed by atoms with Gasteiger partial charge in [-0.05, 0) is 18.4 Å². The highest BCUT2D eigenvalue weighted by molar-refractivity contribution is 5.94. The molecule has 3 nitrogen and oxygen atoms in total. The highest BCUT2D eigenvalue weighted by atomic mass is 16.1. The van der Waals surface area contributed by atoms with Crippen LogP contribution in [-0.2, 0) is 13.5 Å². The normalized spacial score (nSPS) is 12.8. The number of hydrogen-bond acceptors (Lipinski definition) is 2. The Morgan fingerprint density at radius 3 is 2.67 bits per heavy atom. The first-order valence-electron chi connectivity index (χ1n) is 5.64. The number of ketones is 1. The van der Waals surface area contributed by atoms with Gasteiger partial charge in [-0.2, -0.15) is 5.10 Å². The summed E-state index contributed by atoms with van der Waals surface area (Å²) in [4.78, 5) is 11.9. The highest BCUT2D eigenvalue weighted by Gasteiger charge is 2.14. The molecule has 0 aliphatic rings. The fourth-order valence-electron chi connectivity index (χ4n) is 1.53. The van der Waals surface area contributed by atoms with Crippen LogP contribution in [0.1, 0.15) is 49.8 Å². The van der Waals surface area contributed by atoms with E-state index < -0.39 is 0 Å². The molecule has 1 aromatic rings. The second-order valence-corrected chi connectivity index (χ2v) is 4.14. The van der Waals surface area contributed by atoms with Gasteiger partial charge in [0.25, 0.3) is 0 Å². The summed E-state index contributed by atoms with van der Waals surface area (Å²) in [5.41, 5.74) is 1.73. The number of Topliss-reactive ketones (excluding diaryl/α,β-unsaturated/α-hetero) is 1. The molecule has 3 heteroatoms. The zero-order valence-electron chi connectivity index (χ0n) is 10.1. The van der Waals surface area contributed by atoms with E-state index >= 15 is 0 Å². The molecule has 1 aromatic heterocycles. The predicted molar refractivity (Wildman–Crippen MR) is 61.0 cm³/mol. The molecule has 0 spiro atoms. The zero-order valence-corrected chi connectivity index (χ0v) is 10.1. The molecule has 84 valence electrons. The minimum absolute atomic E-state index is 0.207. The van der Waals surface area contributed by atoms with Gasteiger partial charge in [-0.15, -0.1) is 0 Å².